The molecule has 0 amide bonds. The summed E-state index contributed by atoms with van der Waals surface area (Å²) in [5.41, 5.74) is 7.00. The molecule has 0 spiro atoms. The van der Waals surface area contributed by atoms with Crippen LogP contribution < -0.4 is 10.5 Å². The third-order valence-electron chi connectivity index (χ3n) is 4.01. The van der Waals surface area contributed by atoms with E-state index < -0.39 is 0 Å². The molecule has 0 aliphatic carbocycles. The summed E-state index contributed by atoms with van der Waals surface area (Å²) in [6, 6.07) is 4.83. The lowest BCUT2D eigenvalue weighted by Gasteiger charge is -2.21. The quantitative estimate of drug-likeness (QED) is 0.890. The summed E-state index contributed by atoms with van der Waals surface area (Å²) < 4.78 is 18.6. The van der Waals surface area contributed by atoms with E-state index in [1.165, 1.54) is 26.0 Å². The van der Waals surface area contributed by atoms with Gasteiger partial charge in [-0.25, -0.2) is 4.39 Å². The van der Waals surface area contributed by atoms with Crippen LogP contribution in [0.3, 0.4) is 0 Å². The summed E-state index contributed by atoms with van der Waals surface area (Å²) >= 11 is 0. The second-order valence-corrected chi connectivity index (χ2v) is 5.32. The van der Waals surface area contributed by atoms with E-state index in [0.717, 1.165) is 31.1 Å². The molecule has 0 radical (unpaired) electrons. The van der Waals surface area contributed by atoms with E-state index in [2.05, 4.69) is 11.8 Å². The van der Waals surface area contributed by atoms with E-state index in [9.17, 15) is 4.39 Å². The average molecular weight is 266 g/mol. The molecule has 4 heteroatoms. The first kappa shape index (κ1) is 14.3. The second-order valence-electron chi connectivity index (χ2n) is 5.32. The van der Waals surface area contributed by atoms with Gasteiger partial charge in [-0.2, -0.15) is 0 Å². The van der Waals surface area contributed by atoms with Crippen molar-refractivity contribution in [3.8, 4) is 5.75 Å². The number of hydrogen-bond donors (Lipinski definition) is 1. The zero-order valence-electron chi connectivity index (χ0n) is 11.7. The minimum absolute atomic E-state index is 0.143. The van der Waals surface area contributed by atoms with Gasteiger partial charge < -0.3 is 15.4 Å². The molecule has 0 aromatic heterocycles. The van der Waals surface area contributed by atoms with Gasteiger partial charge in [-0.05, 0) is 36.6 Å². The fourth-order valence-corrected chi connectivity index (χ4v) is 2.71. The number of hydrogen-bond acceptors (Lipinski definition) is 3. The number of nitrogens with zero attached hydrogens (tertiary/aromatic N) is 1. The van der Waals surface area contributed by atoms with Gasteiger partial charge in [-0.15, -0.1) is 0 Å². The maximum absolute atomic E-state index is 13.6. The Morgan fingerprint density at radius 3 is 2.89 bits per heavy atom. The molecule has 0 bridgehead atoms. The van der Waals surface area contributed by atoms with E-state index >= 15 is 0 Å². The molecule has 1 heterocycles. The van der Waals surface area contributed by atoms with Gasteiger partial charge in [0.15, 0.2) is 11.6 Å². The van der Waals surface area contributed by atoms with Gasteiger partial charge in [0.25, 0.3) is 0 Å². The van der Waals surface area contributed by atoms with Crippen molar-refractivity contribution in [1.82, 2.24) is 4.90 Å². The first-order valence-corrected chi connectivity index (χ1v) is 6.95. The summed E-state index contributed by atoms with van der Waals surface area (Å²) in [5, 5.41) is 0. The Morgan fingerprint density at radius 1 is 1.53 bits per heavy atom. The van der Waals surface area contributed by atoms with E-state index in [-0.39, 0.29) is 17.6 Å². The number of nitrogens with two attached hydrogens (primary N) is 1. The van der Waals surface area contributed by atoms with Crippen molar-refractivity contribution in [2.24, 2.45) is 11.7 Å². The molecule has 19 heavy (non-hydrogen) atoms. The van der Waals surface area contributed by atoms with E-state index in [4.69, 9.17) is 10.5 Å². The lowest BCUT2D eigenvalue weighted by Crippen LogP contribution is -2.30. The van der Waals surface area contributed by atoms with Gasteiger partial charge in [-0.1, -0.05) is 19.4 Å². The molecule has 2 atom stereocenters. The summed E-state index contributed by atoms with van der Waals surface area (Å²) in [5.74, 6) is 0.714. The number of rotatable bonds is 5. The van der Waals surface area contributed by atoms with Crippen LogP contribution in [0.25, 0.3) is 0 Å². The van der Waals surface area contributed by atoms with Crippen molar-refractivity contribution in [3.63, 3.8) is 0 Å². The van der Waals surface area contributed by atoms with Gasteiger partial charge in [0.05, 0.1) is 7.11 Å². The minimum atomic E-state index is -0.344. The fraction of sp³-hybridized carbons (Fsp3) is 0.600. The Bertz CT molecular complexity index is 425. The highest BCUT2D eigenvalue weighted by molar-refractivity contribution is 5.31. The van der Waals surface area contributed by atoms with E-state index in [1.54, 1.807) is 6.07 Å². The highest BCUT2D eigenvalue weighted by atomic mass is 19.1. The fourth-order valence-electron chi connectivity index (χ4n) is 2.71. The van der Waals surface area contributed by atoms with Crippen LogP contribution in [-0.4, -0.2) is 31.6 Å². The van der Waals surface area contributed by atoms with Crippen LogP contribution in [-0.2, 0) is 0 Å². The Balaban J connectivity index is 1.96. The van der Waals surface area contributed by atoms with Crippen molar-refractivity contribution in [3.05, 3.63) is 29.6 Å². The topological polar surface area (TPSA) is 38.5 Å². The molecule has 106 valence electrons. The Kier molecular flexibility index (Phi) is 4.77. The van der Waals surface area contributed by atoms with Crippen LogP contribution >= 0.6 is 0 Å². The second kappa shape index (κ2) is 6.35. The van der Waals surface area contributed by atoms with Crippen LogP contribution in [0.4, 0.5) is 4.39 Å². The molecular weight excluding hydrogens is 243 g/mol. The van der Waals surface area contributed by atoms with Crippen molar-refractivity contribution in [2.75, 3.05) is 26.7 Å². The minimum Gasteiger partial charge on any atom is -0.494 e. The third kappa shape index (κ3) is 3.45. The Morgan fingerprint density at radius 2 is 2.32 bits per heavy atom. The predicted octanol–water partition coefficient (Wildman–Crippen LogP) is 2.57. The molecule has 1 aliphatic heterocycles. The van der Waals surface area contributed by atoms with Crippen LogP contribution in [0.2, 0.25) is 0 Å². The summed E-state index contributed by atoms with van der Waals surface area (Å²) in [6.45, 7) is 5.24. The van der Waals surface area contributed by atoms with Crippen molar-refractivity contribution in [1.29, 1.82) is 0 Å². The lowest BCUT2D eigenvalue weighted by molar-refractivity contribution is 0.302. The maximum atomic E-state index is 13.6. The standard InChI is InChI=1S/C15H23FN2O/c1-3-11-6-7-18(9-11)10-14(17)12-4-5-15(19-2)13(16)8-12/h4-5,8,11,14H,3,6-7,9-10,17H2,1-2H3. The normalized spacial score (nSPS) is 21.6. The number of halogens is 1. The highest BCUT2D eigenvalue weighted by Crippen LogP contribution is 2.24. The Labute approximate surface area is 114 Å². The first-order chi connectivity index (χ1) is 9.13. The predicted molar refractivity (Wildman–Crippen MR) is 74.7 cm³/mol. The highest BCUT2D eigenvalue weighted by Gasteiger charge is 2.23. The molecule has 2 rings (SSSR count). The van der Waals surface area contributed by atoms with Crippen LogP contribution in [0, 0.1) is 11.7 Å². The van der Waals surface area contributed by atoms with Gasteiger partial charge in [0.2, 0.25) is 0 Å². The van der Waals surface area contributed by atoms with Gasteiger partial charge in [0, 0.05) is 19.1 Å². The monoisotopic (exact) mass is 266 g/mol. The molecule has 1 aromatic rings. The van der Waals surface area contributed by atoms with Crippen molar-refractivity contribution < 1.29 is 9.13 Å². The van der Waals surface area contributed by atoms with Crippen LogP contribution in [0.1, 0.15) is 31.4 Å². The molecule has 2 unspecified atom stereocenters. The summed E-state index contributed by atoms with van der Waals surface area (Å²) in [4.78, 5) is 2.38. The first-order valence-electron chi connectivity index (χ1n) is 6.95. The number of likely N-dealkylation sites (tertiary alicyclic amines) is 1. The lowest BCUT2D eigenvalue weighted by atomic mass is 10.1. The Hall–Kier alpha value is -1.13. The van der Waals surface area contributed by atoms with E-state index in [0.29, 0.717) is 0 Å². The maximum Gasteiger partial charge on any atom is 0.165 e. The van der Waals surface area contributed by atoms with Crippen molar-refractivity contribution in [2.45, 2.75) is 25.8 Å². The molecular formula is C15H23FN2O. The molecule has 0 saturated carbocycles. The average Bonchev–Trinajstić information content (AvgIpc) is 2.86. The molecule has 2 N–H and O–H groups in total. The molecule has 1 aliphatic rings. The van der Waals surface area contributed by atoms with Crippen LogP contribution in [0.5, 0.6) is 5.75 Å². The van der Waals surface area contributed by atoms with Crippen LogP contribution in [0.15, 0.2) is 18.2 Å². The summed E-state index contributed by atoms with van der Waals surface area (Å²) in [7, 11) is 1.47. The van der Waals surface area contributed by atoms with Gasteiger partial charge >= 0.3 is 0 Å². The molecule has 1 saturated heterocycles. The molecule has 3 nitrogen and oxygen atoms in total. The third-order valence-corrected chi connectivity index (χ3v) is 4.01. The van der Waals surface area contributed by atoms with Crippen molar-refractivity contribution >= 4 is 0 Å². The smallest absolute Gasteiger partial charge is 0.165 e. The molecule has 1 aromatic carbocycles. The number of benzene rings is 1. The van der Waals surface area contributed by atoms with Gasteiger partial charge in [0.1, 0.15) is 0 Å². The molecule has 1 fully saturated rings. The zero-order valence-corrected chi connectivity index (χ0v) is 11.7. The number of methoxy groups -OCH3 is 1. The van der Waals surface area contributed by atoms with Gasteiger partial charge in [-0.3, -0.25) is 0 Å². The van der Waals surface area contributed by atoms with E-state index in [1.807, 2.05) is 6.07 Å². The zero-order chi connectivity index (χ0) is 13.8. The summed E-state index contributed by atoms with van der Waals surface area (Å²) in [6.07, 6.45) is 2.48. The SMILES string of the molecule is CCC1CCN(CC(N)c2ccc(OC)c(F)c2)C1. The largest absolute Gasteiger partial charge is 0.494 e. The number of ether oxygens (including phenoxy) is 1.